The lowest BCUT2D eigenvalue weighted by Crippen LogP contribution is -2.47. The summed E-state index contributed by atoms with van der Waals surface area (Å²) in [5.41, 5.74) is 2.12. The second kappa shape index (κ2) is 9.15. The van der Waals surface area contributed by atoms with Crippen LogP contribution in [-0.2, 0) is 27.5 Å². The van der Waals surface area contributed by atoms with Gasteiger partial charge in [0.2, 0.25) is 0 Å². The number of carbonyl (C=O) groups is 2. The number of rotatable bonds is 5. The van der Waals surface area contributed by atoms with E-state index in [0.717, 1.165) is 24.0 Å². The zero-order valence-electron chi connectivity index (χ0n) is 14.8. The molecule has 0 saturated carbocycles. The minimum absolute atomic E-state index is 0.131. The van der Waals surface area contributed by atoms with Crippen molar-refractivity contribution >= 4 is 11.8 Å². The summed E-state index contributed by atoms with van der Waals surface area (Å²) in [6, 6.07) is 19.6. The summed E-state index contributed by atoms with van der Waals surface area (Å²) in [5.74, 6) is -1.00. The van der Waals surface area contributed by atoms with Crippen molar-refractivity contribution in [1.29, 1.82) is 0 Å². The van der Waals surface area contributed by atoms with Crippen molar-refractivity contribution in [2.45, 2.75) is 32.1 Å². The van der Waals surface area contributed by atoms with Crippen molar-refractivity contribution in [2.75, 3.05) is 13.1 Å². The highest BCUT2D eigenvalue weighted by Gasteiger charge is 2.27. The Morgan fingerprint density at radius 3 is 2.12 bits per heavy atom. The van der Waals surface area contributed by atoms with Crippen LogP contribution < -0.4 is 5.32 Å². The Morgan fingerprint density at radius 1 is 0.923 bits per heavy atom. The zero-order valence-corrected chi connectivity index (χ0v) is 14.8. The molecule has 2 aromatic carbocycles. The number of benzene rings is 2. The van der Waals surface area contributed by atoms with Crippen LogP contribution >= 0.6 is 0 Å². The lowest BCUT2D eigenvalue weighted by atomic mass is 10.1. The Hall–Kier alpha value is -2.66. The largest absolute Gasteiger partial charge is 0.373 e. The third-order valence-electron chi connectivity index (χ3n) is 4.55. The third-order valence-corrected chi connectivity index (χ3v) is 4.55. The van der Waals surface area contributed by atoms with Crippen LogP contribution in [0.4, 0.5) is 0 Å². The Labute approximate surface area is 154 Å². The number of hydrogen-bond acceptors (Lipinski definition) is 3. The molecule has 1 aliphatic heterocycles. The molecular weight excluding hydrogens is 328 g/mol. The molecule has 1 N–H and O–H groups in total. The SMILES string of the molecule is O=C(NCc1ccccc1)C(=O)N1CCC(OCc2ccccc2)CC1. The zero-order chi connectivity index (χ0) is 18.2. The van der Waals surface area contributed by atoms with E-state index in [4.69, 9.17) is 4.74 Å². The van der Waals surface area contributed by atoms with Gasteiger partial charge in [0, 0.05) is 19.6 Å². The van der Waals surface area contributed by atoms with Crippen molar-refractivity contribution in [2.24, 2.45) is 0 Å². The normalized spacial score (nSPS) is 14.8. The molecule has 1 saturated heterocycles. The highest BCUT2D eigenvalue weighted by atomic mass is 16.5. The van der Waals surface area contributed by atoms with E-state index < -0.39 is 11.8 Å². The van der Waals surface area contributed by atoms with Gasteiger partial charge in [0.1, 0.15) is 0 Å². The topological polar surface area (TPSA) is 58.6 Å². The van der Waals surface area contributed by atoms with Gasteiger partial charge >= 0.3 is 11.8 Å². The number of hydrogen-bond donors (Lipinski definition) is 1. The highest BCUT2D eigenvalue weighted by molar-refractivity contribution is 6.34. The number of nitrogens with one attached hydrogen (secondary N) is 1. The van der Waals surface area contributed by atoms with Gasteiger partial charge in [-0.2, -0.15) is 0 Å². The highest BCUT2D eigenvalue weighted by Crippen LogP contribution is 2.16. The van der Waals surface area contributed by atoms with E-state index in [0.29, 0.717) is 26.2 Å². The smallest absolute Gasteiger partial charge is 0.311 e. The molecule has 0 aromatic heterocycles. The predicted octanol–water partition coefficient (Wildman–Crippen LogP) is 2.51. The molecule has 0 unspecified atom stereocenters. The lowest BCUT2D eigenvalue weighted by Gasteiger charge is -2.31. The van der Waals surface area contributed by atoms with E-state index in [9.17, 15) is 9.59 Å². The molecule has 0 spiro atoms. The monoisotopic (exact) mass is 352 g/mol. The van der Waals surface area contributed by atoms with E-state index in [1.807, 2.05) is 60.7 Å². The van der Waals surface area contributed by atoms with Crippen LogP contribution in [-0.4, -0.2) is 35.9 Å². The molecule has 1 aliphatic rings. The maximum absolute atomic E-state index is 12.3. The fourth-order valence-corrected chi connectivity index (χ4v) is 3.01. The molecule has 0 atom stereocenters. The summed E-state index contributed by atoms with van der Waals surface area (Å²) in [7, 11) is 0. The molecule has 2 amide bonds. The van der Waals surface area contributed by atoms with E-state index in [1.54, 1.807) is 4.90 Å². The van der Waals surface area contributed by atoms with Gasteiger partial charge in [-0.15, -0.1) is 0 Å². The summed E-state index contributed by atoms with van der Waals surface area (Å²) in [6.07, 6.45) is 1.64. The molecule has 136 valence electrons. The van der Waals surface area contributed by atoms with Crippen LogP contribution in [0.25, 0.3) is 0 Å². The molecule has 3 rings (SSSR count). The first kappa shape index (κ1) is 18.1. The van der Waals surface area contributed by atoms with Gasteiger partial charge in [0.25, 0.3) is 0 Å². The molecule has 1 fully saturated rings. The summed E-state index contributed by atoms with van der Waals surface area (Å²) >= 11 is 0. The van der Waals surface area contributed by atoms with Gasteiger partial charge in [-0.05, 0) is 24.0 Å². The van der Waals surface area contributed by atoms with E-state index in [1.165, 1.54) is 0 Å². The summed E-state index contributed by atoms with van der Waals surface area (Å²) < 4.78 is 5.92. The van der Waals surface area contributed by atoms with Gasteiger partial charge in [-0.3, -0.25) is 9.59 Å². The number of ether oxygens (including phenoxy) is 1. The molecule has 5 heteroatoms. The quantitative estimate of drug-likeness (QED) is 0.841. The summed E-state index contributed by atoms with van der Waals surface area (Å²) in [6.45, 7) is 2.05. The molecule has 2 aromatic rings. The van der Waals surface area contributed by atoms with E-state index in [2.05, 4.69) is 5.32 Å². The molecule has 0 aliphatic carbocycles. The van der Waals surface area contributed by atoms with Gasteiger partial charge in [0.05, 0.1) is 12.7 Å². The standard InChI is InChI=1S/C21H24N2O3/c24-20(22-15-17-7-3-1-4-8-17)21(25)23-13-11-19(12-14-23)26-16-18-9-5-2-6-10-18/h1-10,19H,11-16H2,(H,22,24). The minimum Gasteiger partial charge on any atom is -0.373 e. The molecule has 26 heavy (non-hydrogen) atoms. The lowest BCUT2D eigenvalue weighted by molar-refractivity contribution is -0.147. The maximum atomic E-state index is 12.3. The third kappa shape index (κ3) is 5.17. The van der Waals surface area contributed by atoms with Crippen LogP contribution in [0.1, 0.15) is 24.0 Å². The molecule has 1 heterocycles. The van der Waals surface area contributed by atoms with E-state index in [-0.39, 0.29) is 6.10 Å². The summed E-state index contributed by atoms with van der Waals surface area (Å²) in [4.78, 5) is 26.0. The molecule has 0 radical (unpaired) electrons. The average molecular weight is 352 g/mol. The number of carbonyl (C=O) groups excluding carboxylic acids is 2. The molecule has 5 nitrogen and oxygen atoms in total. The first-order valence-corrected chi connectivity index (χ1v) is 8.99. The Balaban J connectivity index is 1.39. The van der Waals surface area contributed by atoms with Crippen LogP contribution in [0.2, 0.25) is 0 Å². The van der Waals surface area contributed by atoms with Crippen LogP contribution in [0.15, 0.2) is 60.7 Å². The Morgan fingerprint density at radius 2 is 1.50 bits per heavy atom. The van der Waals surface area contributed by atoms with E-state index >= 15 is 0 Å². The fourth-order valence-electron chi connectivity index (χ4n) is 3.01. The van der Waals surface area contributed by atoms with Crippen molar-refractivity contribution in [1.82, 2.24) is 10.2 Å². The van der Waals surface area contributed by atoms with Gasteiger partial charge in [-0.25, -0.2) is 0 Å². The number of nitrogens with zero attached hydrogens (tertiary/aromatic N) is 1. The van der Waals surface area contributed by atoms with Crippen molar-refractivity contribution in [3.05, 3.63) is 71.8 Å². The Bertz CT molecular complexity index is 711. The fraction of sp³-hybridized carbons (Fsp3) is 0.333. The van der Waals surface area contributed by atoms with Gasteiger partial charge in [0.15, 0.2) is 0 Å². The Kier molecular flexibility index (Phi) is 6.39. The van der Waals surface area contributed by atoms with Crippen molar-refractivity contribution < 1.29 is 14.3 Å². The minimum atomic E-state index is -0.544. The maximum Gasteiger partial charge on any atom is 0.311 e. The van der Waals surface area contributed by atoms with Crippen LogP contribution in [0, 0.1) is 0 Å². The molecule has 0 bridgehead atoms. The first-order chi connectivity index (χ1) is 12.7. The number of likely N-dealkylation sites (tertiary alicyclic amines) is 1. The first-order valence-electron chi connectivity index (χ1n) is 8.99. The van der Waals surface area contributed by atoms with Crippen LogP contribution in [0.3, 0.4) is 0 Å². The second-order valence-corrected chi connectivity index (χ2v) is 6.46. The predicted molar refractivity (Wildman–Crippen MR) is 99.1 cm³/mol. The second-order valence-electron chi connectivity index (χ2n) is 6.46. The van der Waals surface area contributed by atoms with Gasteiger partial charge < -0.3 is 15.0 Å². The van der Waals surface area contributed by atoms with Crippen molar-refractivity contribution in [3.63, 3.8) is 0 Å². The average Bonchev–Trinajstić information content (AvgIpc) is 2.72. The van der Waals surface area contributed by atoms with Crippen molar-refractivity contribution in [3.8, 4) is 0 Å². The summed E-state index contributed by atoms with van der Waals surface area (Å²) in [5, 5.41) is 2.69. The number of amides is 2. The number of piperidine rings is 1. The molecular formula is C21H24N2O3. The van der Waals surface area contributed by atoms with Gasteiger partial charge in [-0.1, -0.05) is 60.7 Å². The van der Waals surface area contributed by atoms with Crippen LogP contribution in [0.5, 0.6) is 0 Å².